The summed E-state index contributed by atoms with van der Waals surface area (Å²) in [4.78, 5) is 26.8. The predicted octanol–water partition coefficient (Wildman–Crippen LogP) is 3.81. The maximum Gasteiger partial charge on any atom is 0.411 e. The highest BCUT2D eigenvalue weighted by Gasteiger charge is 2.47. The van der Waals surface area contributed by atoms with E-state index in [1.165, 1.54) is 4.90 Å². The first-order valence-electron chi connectivity index (χ1n) is 8.70. The van der Waals surface area contributed by atoms with Gasteiger partial charge in [-0.1, -0.05) is 0 Å². The molecule has 1 fully saturated rings. The SMILES string of the molecule is CCOc1ccc(NC(=O)C2(C)CCCN2C(=O)OC(C)(C)C)cc1. The summed E-state index contributed by atoms with van der Waals surface area (Å²) in [5, 5.41) is 2.90. The maximum absolute atomic E-state index is 12.8. The van der Waals surface area contributed by atoms with Crippen LogP contribution in [-0.4, -0.2) is 41.2 Å². The third-order valence-corrected chi connectivity index (χ3v) is 4.17. The number of amides is 2. The number of nitrogens with one attached hydrogen (secondary N) is 1. The van der Waals surface area contributed by atoms with Crippen molar-refractivity contribution in [1.29, 1.82) is 0 Å². The van der Waals surface area contributed by atoms with Crippen molar-refractivity contribution in [3.05, 3.63) is 24.3 Å². The summed E-state index contributed by atoms with van der Waals surface area (Å²) in [6, 6.07) is 7.20. The molecular formula is C19H28N2O4. The molecular weight excluding hydrogens is 320 g/mol. The number of hydrogen-bond donors (Lipinski definition) is 1. The Labute approximate surface area is 149 Å². The van der Waals surface area contributed by atoms with E-state index in [1.807, 2.05) is 39.8 Å². The average molecular weight is 348 g/mol. The fourth-order valence-electron chi connectivity index (χ4n) is 2.88. The monoisotopic (exact) mass is 348 g/mol. The van der Waals surface area contributed by atoms with E-state index in [0.29, 0.717) is 25.3 Å². The fraction of sp³-hybridized carbons (Fsp3) is 0.579. The summed E-state index contributed by atoms with van der Waals surface area (Å²) in [7, 11) is 0. The molecule has 2 amide bonds. The van der Waals surface area contributed by atoms with Crippen LogP contribution in [0.25, 0.3) is 0 Å². The minimum atomic E-state index is -0.916. The van der Waals surface area contributed by atoms with Crippen LogP contribution in [0.1, 0.15) is 47.5 Å². The van der Waals surface area contributed by atoms with Crippen molar-refractivity contribution in [1.82, 2.24) is 4.90 Å². The van der Waals surface area contributed by atoms with Crippen LogP contribution in [0.4, 0.5) is 10.5 Å². The van der Waals surface area contributed by atoms with Crippen molar-refractivity contribution < 1.29 is 19.1 Å². The van der Waals surface area contributed by atoms with Gasteiger partial charge in [-0.25, -0.2) is 4.79 Å². The average Bonchev–Trinajstić information content (AvgIpc) is 2.91. The summed E-state index contributed by atoms with van der Waals surface area (Å²) in [5.74, 6) is 0.544. The molecule has 1 unspecified atom stereocenters. The Kier molecular flexibility index (Phi) is 5.60. The zero-order valence-corrected chi connectivity index (χ0v) is 15.7. The van der Waals surface area contributed by atoms with Crippen molar-refractivity contribution >= 4 is 17.7 Å². The highest BCUT2D eigenvalue weighted by molar-refractivity contribution is 6.00. The van der Waals surface area contributed by atoms with Crippen LogP contribution in [-0.2, 0) is 9.53 Å². The number of anilines is 1. The van der Waals surface area contributed by atoms with Crippen LogP contribution in [0.2, 0.25) is 0 Å². The van der Waals surface area contributed by atoms with Gasteiger partial charge in [0, 0.05) is 12.2 Å². The van der Waals surface area contributed by atoms with Crippen molar-refractivity contribution in [2.45, 2.75) is 58.6 Å². The van der Waals surface area contributed by atoms with E-state index in [0.717, 1.165) is 12.2 Å². The first kappa shape index (κ1) is 19.1. The van der Waals surface area contributed by atoms with Crippen molar-refractivity contribution in [3.63, 3.8) is 0 Å². The smallest absolute Gasteiger partial charge is 0.411 e. The Morgan fingerprint density at radius 2 is 1.88 bits per heavy atom. The molecule has 1 aromatic rings. The van der Waals surface area contributed by atoms with Gasteiger partial charge in [0.15, 0.2) is 0 Å². The number of ether oxygens (including phenoxy) is 2. The lowest BCUT2D eigenvalue weighted by atomic mass is 9.97. The van der Waals surface area contributed by atoms with Gasteiger partial charge < -0.3 is 14.8 Å². The second-order valence-electron chi connectivity index (χ2n) is 7.42. The first-order valence-corrected chi connectivity index (χ1v) is 8.70. The van der Waals surface area contributed by atoms with Gasteiger partial charge in [-0.15, -0.1) is 0 Å². The van der Waals surface area contributed by atoms with E-state index >= 15 is 0 Å². The summed E-state index contributed by atoms with van der Waals surface area (Å²) in [5.41, 5.74) is -0.835. The Hall–Kier alpha value is -2.24. The number of nitrogens with zero attached hydrogens (tertiary/aromatic N) is 1. The highest BCUT2D eigenvalue weighted by Crippen LogP contribution is 2.32. The molecule has 0 aliphatic carbocycles. The van der Waals surface area contributed by atoms with Gasteiger partial charge in [0.25, 0.3) is 0 Å². The zero-order chi connectivity index (χ0) is 18.7. The number of hydrogen-bond acceptors (Lipinski definition) is 4. The molecule has 1 N–H and O–H groups in total. The van der Waals surface area contributed by atoms with E-state index in [1.54, 1.807) is 19.1 Å². The van der Waals surface area contributed by atoms with Gasteiger partial charge >= 0.3 is 6.09 Å². The third-order valence-electron chi connectivity index (χ3n) is 4.17. The molecule has 0 radical (unpaired) electrons. The maximum atomic E-state index is 12.8. The van der Waals surface area contributed by atoms with E-state index in [9.17, 15) is 9.59 Å². The summed E-state index contributed by atoms with van der Waals surface area (Å²) >= 11 is 0. The summed E-state index contributed by atoms with van der Waals surface area (Å²) < 4.78 is 10.8. The lowest BCUT2D eigenvalue weighted by molar-refractivity contribution is -0.125. The number of likely N-dealkylation sites (tertiary alicyclic amines) is 1. The van der Waals surface area contributed by atoms with Crippen LogP contribution < -0.4 is 10.1 Å². The number of rotatable bonds is 4. The Bertz CT molecular complexity index is 621. The van der Waals surface area contributed by atoms with Crippen LogP contribution in [0, 0.1) is 0 Å². The van der Waals surface area contributed by atoms with Crippen LogP contribution in [0.3, 0.4) is 0 Å². The van der Waals surface area contributed by atoms with Gasteiger partial charge in [-0.2, -0.15) is 0 Å². The Morgan fingerprint density at radius 1 is 1.24 bits per heavy atom. The number of carbonyl (C=O) groups excluding carboxylic acids is 2. The van der Waals surface area contributed by atoms with Crippen molar-refractivity contribution in [2.24, 2.45) is 0 Å². The molecule has 0 spiro atoms. The quantitative estimate of drug-likeness (QED) is 0.898. The topological polar surface area (TPSA) is 67.9 Å². The molecule has 0 saturated carbocycles. The van der Waals surface area contributed by atoms with Crippen molar-refractivity contribution in [2.75, 3.05) is 18.5 Å². The molecule has 0 aromatic heterocycles. The molecule has 1 aliphatic heterocycles. The number of carbonyl (C=O) groups is 2. The lowest BCUT2D eigenvalue weighted by Crippen LogP contribution is -2.54. The summed E-state index contributed by atoms with van der Waals surface area (Å²) in [6.45, 7) is 10.3. The molecule has 1 saturated heterocycles. The molecule has 6 nitrogen and oxygen atoms in total. The van der Waals surface area contributed by atoms with Crippen LogP contribution >= 0.6 is 0 Å². The zero-order valence-electron chi connectivity index (χ0n) is 15.7. The molecule has 1 aromatic carbocycles. The van der Waals surface area contributed by atoms with Gasteiger partial charge in [0.1, 0.15) is 16.9 Å². The van der Waals surface area contributed by atoms with Crippen LogP contribution in [0.5, 0.6) is 5.75 Å². The Morgan fingerprint density at radius 3 is 2.44 bits per heavy atom. The molecule has 1 aliphatic rings. The first-order chi connectivity index (χ1) is 11.7. The van der Waals surface area contributed by atoms with Gasteiger partial charge in [-0.3, -0.25) is 9.69 Å². The fourth-order valence-corrected chi connectivity index (χ4v) is 2.88. The lowest BCUT2D eigenvalue weighted by Gasteiger charge is -2.35. The highest BCUT2D eigenvalue weighted by atomic mass is 16.6. The van der Waals surface area contributed by atoms with Crippen LogP contribution in [0.15, 0.2) is 24.3 Å². The molecule has 2 rings (SSSR count). The Balaban J connectivity index is 2.09. The van der Waals surface area contributed by atoms with E-state index in [2.05, 4.69) is 5.32 Å². The number of benzene rings is 1. The van der Waals surface area contributed by atoms with E-state index in [-0.39, 0.29) is 5.91 Å². The minimum absolute atomic E-state index is 0.208. The second-order valence-corrected chi connectivity index (χ2v) is 7.42. The van der Waals surface area contributed by atoms with Gasteiger partial charge in [0.05, 0.1) is 6.61 Å². The molecule has 25 heavy (non-hydrogen) atoms. The van der Waals surface area contributed by atoms with Gasteiger partial charge in [0.2, 0.25) is 5.91 Å². The molecule has 0 bridgehead atoms. The molecule has 6 heteroatoms. The van der Waals surface area contributed by atoms with Gasteiger partial charge in [-0.05, 0) is 71.7 Å². The molecule has 1 atom stereocenters. The molecule has 138 valence electrons. The van der Waals surface area contributed by atoms with E-state index in [4.69, 9.17) is 9.47 Å². The summed E-state index contributed by atoms with van der Waals surface area (Å²) in [6.07, 6.45) is 0.927. The third kappa shape index (κ3) is 4.65. The van der Waals surface area contributed by atoms with Crippen molar-refractivity contribution in [3.8, 4) is 5.75 Å². The predicted molar refractivity (Wildman–Crippen MR) is 96.8 cm³/mol. The normalized spacial score (nSPS) is 20.3. The minimum Gasteiger partial charge on any atom is -0.494 e. The second kappa shape index (κ2) is 7.33. The molecule has 1 heterocycles. The standard InChI is InChI=1S/C19H28N2O4/c1-6-24-15-10-8-14(9-11-15)20-16(22)19(5)12-7-13-21(19)17(23)25-18(2,3)4/h8-11H,6-7,12-13H2,1-5H3,(H,20,22). The largest absolute Gasteiger partial charge is 0.494 e. The van der Waals surface area contributed by atoms with E-state index < -0.39 is 17.2 Å².